The number of hydrogen-bond acceptors (Lipinski definition) is 4. The first-order chi connectivity index (χ1) is 10.7. The Morgan fingerprint density at radius 2 is 2.13 bits per heavy atom. The van der Waals surface area contributed by atoms with Crippen LogP contribution in [0.2, 0.25) is 0 Å². The number of aliphatic imine (C=N–C) groups is 1. The molecule has 0 unspecified atom stereocenters. The highest BCUT2D eigenvalue weighted by atomic mass is 127. The zero-order valence-corrected chi connectivity index (χ0v) is 17.8. The van der Waals surface area contributed by atoms with Crippen LogP contribution >= 0.6 is 46.7 Å². The van der Waals surface area contributed by atoms with Gasteiger partial charge >= 0.3 is 0 Å². The number of thiazole rings is 1. The Balaban J connectivity index is 0.00000264. The number of hydrogen-bond donors (Lipinski definition) is 2. The molecule has 128 valence electrons. The van der Waals surface area contributed by atoms with Crippen LogP contribution in [0.5, 0.6) is 0 Å². The number of thiophene rings is 1. The number of nitrogens with one attached hydrogen (secondary N) is 2. The molecule has 0 aliphatic rings. The van der Waals surface area contributed by atoms with Crippen LogP contribution in [-0.2, 0) is 13.0 Å². The van der Waals surface area contributed by atoms with Crippen molar-refractivity contribution in [1.29, 1.82) is 0 Å². The van der Waals surface area contributed by atoms with Crippen LogP contribution in [0.25, 0.3) is 0 Å². The minimum absolute atomic E-state index is 0. The maximum absolute atomic E-state index is 4.62. The second-order valence-corrected chi connectivity index (χ2v) is 7.05. The van der Waals surface area contributed by atoms with Crippen LogP contribution < -0.4 is 10.6 Å². The SMILES string of the molecule is CCNC(=NCc1nc(C(C)C)cs1)NCCc1ccsc1.I. The van der Waals surface area contributed by atoms with Crippen molar-refractivity contribution in [3.05, 3.63) is 38.5 Å². The number of aromatic nitrogens is 1. The Morgan fingerprint density at radius 3 is 2.74 bits per heavy atom. The maximum atomic E-state index is 4.62. The Kier molecular flexibility index (Phi) is 9.73. The minimum Gasteiger partial charge on any atom is -0.357 e. The number of nitrogens with zero attached hydrogens (tertiary/aromatic N) is 2. The minimum atomic E-state index is 0. The zero-order chi connectivity index (χ0) is 15.8. The highest BCUT2D eigenvalue weighted by Crippen LogP contribution is 2.18. The lowest BCUT2D eigenvalue weighted by molar-refractivity contribution is 0.794. The molecular weight excluding hydrogens is 439 g/mol. The standard InChI is InChI=1S/C16H24N4S2.HI/c1-4-17-16(18-7-5-13-6-8-21-10-13)19-9-15-20-14(11-22-15)12(2)3;/h6,8,10-12H,4-5,7,9H2,1-3H3,(H2,17,18,19);1H. The second-order valence-electron chi connectivity index (χ2n) is 5.32. The Labute approximate surface area is 163 Å². The van der Waals surface area contributed by atoms with E-state index in [0.29, 0.717) is 12.5 Å². The van der Waals surface area contributed by atoms with Gasteiger partial charge in [0.1, 0.15) is 5.01 Å². The molecule has 2 aromatic heterocycles. The summed E-state index contributed by atoms with van der Waals surface area (Å²) in [6.45, 7) is 8.79. The van der Waals surface area contributed by atoms with Gasteiger partial charge in [0.25, 0.3) is 0 Å². The molecule has 7 heteroatoms. The first-order valence-corrected chi connectivity index (χ1v) is 9.48. The van der Waals surface area contributed by atoms with Gasteiger partial charge in [-0.25, -0.2) is 9.98 Å². The van der Waals surface area contributed by atoms with Crippen molar-refractivity contribution >= 4 is 52.6 Å². The van der Waals surface area contributed by atoms with E-state index in [0.717, 1.165) is 36.2 Å². The second kappa shape index (κ2) is 11.0. The number of halogens is 1. The first-order valence-electron chi connectivity index (χ1n) is 7.66. The summed E-state index contributed by atoms with van der Waals surface area (Å²) in [6, 6.07) is 2.17. The predicted octanol–water partition coefficient (Wildman–Crippen LogP) is 4.24. The molecule has 0 atom stereocenters. The van der Waals surface area contributed by atoms with Crippen molar-refractivity contribution in [2.24, 2.45) is 4.99 Å². The van der Waals surface area contributed by atoms with Gasteiger partial charge in [-0.15, -0.1) is 35.3 Å². The van der Waals surface area contributed by atoms with Crippen LogP contribution in [-0.4, -0.2) is 24.0 Å². The van der Waals surface area contributed by atoms with Crippen LogP contribution in [0.3, 0.4) is 0 Å². The summed E-state index contributed by atoms with van der Waals surface area (Å²) >= 11 is 3.43. The van der Waals surface area contributed by atoms with Crippen LogP contribution in [0.15, 0.2) is 27.2 Å². The summed E-state index contributed by atoms with van der Waals surface area (Å²) in [5.74, 6) is 1.34. The number of guanidine groups is 1. The number of rotatable bonds is 7. The van der Waals surface area contributed by atoms with E-state index in [1.54, 1.807) is 22.7 Å². The van der Waals surface area contributed by atoms with Crippen LogP contribution in [0, 0.1) is 0 Å². The van der Waals surface area contributed by atoms with Gasteiger partial charge in [0.2, 0.25) is 0 Å². The maximum Gasteiger partial charge on any atom is 0.191 e. The molecule has 0 radical (unpaired) electrons. The molecule has 0 saturated heterocycles. The van der Waals surface area contributed by atoms with E-state index in [-0.39, 0.29) is 24.0 Å². The largest absolute Gasteiger partial charge is 0.357 e. The van der Waals surface area contributed by atoms with Crippen molar-refractivity contribution in [3.8, 4) is 0 Å². The van der Waals surface area contributed by atoms with E-state index in [2.05, 4.69) is 63.6 Å². The smallest absolute Gasteiger partial charge is 0.191 e. The molecule has 4 nitrogen and oxygen atoms in total. The van der Waals surface area contributed by atoms with Crippen molar-refractivity contribution in [1.82, 2.24) is 15.6 Å². The predicted molar refractivity (Wildman–Crippen MR) is 112 cm³/mol. The van der Waals surface area contributed by atoms with Gasteiger partial charge in [-0.1, -0.05) is 13.8 Å². The molecule has 23 heavy (non-hydrogen) atoms. The summed E-state index contributed by atoms with van der Waals surface area (Å²) in [4.78, 5) is 9.24. The molecule has 2 heterocycles. The highest BCUT2D eigenvalue weighted by molar-refractivity contribution is 14.0. The highest BCUT2D eigenvalue weighted by Gasteiger charge is 2.05. The van der Waals surface area contributed by atoms with Crippen molar-refractivity contribution < 1.29 is 0 Å². The van der Waals surface area contributed by atoms with Crippen LogP contribution in [0.1, 0.15) is 43.0 Å². The van der Waals surface area contributed by atoms with Gasteiger partial charge < -0.3 is 10.6 Å². The topological polar surface area (TPSA) is 49.3 Å². The van der Waals surface area contributed by atoms with Crippen molar-refractivity contribution in [2.75, 3.05) is 13.1 Å². The average molecular weight is 464 g/mol. The summed E-state index contributed by atoms with van der Waals surface area (Å²) < 4.78 is 0. The fourth-order valence-electron chi connectivity index (χ4n) is 1.91. The molecule has 0 aliphatic carbocycles. The Bertz CT molecular complexity index is 579. The first kappa shape index (κ1) is 20.4. The molecule has 0 amide bonds. The summed E-state index contributed by atoms with van der Waals surface area (Å²) in [7, 11) is 0. The lowest BCUT2D eigenvalue weighted by atomic mass is 10.2. The van der Waals surface area contributed by atoms with E-state index in [1.807, 2.05) is 0 Å². The third kappa shape index (κ3) is 7.17. The van der Waals surface area contributed by atoms with E-state index in [9.17, 15) is 0 Å². The summed E-state index contributed by atoms with van der Waals surface area (Å²) in [6.07, 6.45) is 1.02. The fraction of sp³-hybridized carbons (Fsp3) is 0.500. The zero-order valence-electron chi connectivity index (χ0n) is 13.8. The van der Waals surface area contributed by atoms with E-state index < -0.39 is 0 Å². The average Bonchev–Trinajstić information content (AvgIpc) is 3.16. The molecular formula is C16H25IN4S2. The molecule has 0 fully saturated rings. The Morgan fingerprint density at radius 1 is 1.30 bits per heavy atom. The van der Waals surface area contributed by atoms with Gasteiger partial charge in [0.15, 0.2) is 5.96 Å². The quantitative estimate of drug-likeness (QED) is 0.366. The summed E-state index contributed by atoms with van der Waals surface area (Å²) in [5, 5.41) is 14.2. The van der Waals surface area contributed by atoms with Crippen molar-refractivity contribution in [3.63, 3.8) is 0 Å². The van der Waals surface area contributed by atoms with Gasteiger partial charge in [0.05, 0.1) is 12.2 Å². The van der Waals surface area contributed by atoms with Crippen molar-refractivity contribution in [2.45, 2.75) is 39.7 Å². The molecule has 0 spiro atoms. The lowest BCUT2D eigenvalue weighted by Crippen LogP contribution is -2.38. The molecule has 0 aromatic carbocycles. The van der Waals surface area contributed by atoms with Gasteiger partial charge in [-0.3, -0.25) is 0 Å². The van der Waals surface area contributed by atoms with E-state index in [4.69, 9.17) is 0 Å². The van der Waals surface area contributed by atoms with E-state index in [1.165, 1.54) is 5.56 Å². The Hall–Kier alpha value is -0.670. The molecule has 2 N–H and O–H groups in total. The lowest BCUT2D eigenvalue weighted by Gasteiger charge is -2.10. The molecule has 0 aliphatic heterocycles. The third-order valence-electron chi connectivity index (χ3n) is 3.16. The van der Waals surface area contributed by atoms with Crippen LogP contribution in [0.4, 0.5) is 0 Å². The monoisotopic (exact) mass is 464 g/mol. The fourth-order valence-corrected chi connectivity index (χ4v) is 3.49. The molecule has 0 bridgehead atoms. The third-order valence-corrected chi connectivity index (χ3v) is 4.75. The molecule has 2 rings (SSSR count). The van der Waals surface area contributed by atoms with Gasteiger partial charge in [-0.05, 0) is 41.7 Å². The summed E-state index contributed by atoms with van der Waals surface area (Å²) in [5.41, 5.74) is 2.53. The molecule has 2 aromatic rings. The normalized spacial score (nSPS) is 11.4. The van der Waals surface area contributed by atoms with E-state index >= 15 is 0 Å². The molecule has 0 saturated carbocycles. The van der Waals surface area contributed by atoms with Gasteiger partial charge in [-0.2, -0.15) is 11.3 Å². The van der Waals surface area contributed by atoms with Gasteiger partial charge in [0, 0.05) is 18.5 Å².